The summed E-state index contributed by atoms with van der Waals surface area (Å²) in [6.45, 7) is 5.34. The first-order chi connectivity index (χ1) is 6.63. The third kappa shape index (κ3) is 3.22. The van der Waals surface area contributed by atoms with Gasteiger partial charge in [-0.2, -0.15) is 0 Å². The molecule has 0 aliphatic rings. The number of methoxy groups -OCH3 is 1. The molecule has 0 saturated heterocycles. The third-order valence-electron chi connectivity index (χ3n) is 1.87. The predicted octanol–water partition coefficient (Wildman–Crippen LogP) is 3.53. The molecule has 14 heavy (non-hydrogen) atoms. The summed E-state index contributed by atoms with van der Waals surface area (Å²) in [5.74, 6) is 1.50. The van der Waals surface area contributed by atoms with Crippen molar-refractivity contribution in [2.75, 3.05) is 19.0 Å². The second kappa shape index (κ2) is 5.25. The Morgan fingerprint density at radius 3 is 2.71 bits per heavy atom. The summed E-state index contributed by atoms with van der Waals surface area (Å²) >= 11 is 3.42. The molecule has 0 atom stereocenters. The highest BCUT2D eigenvalue weighted by molar-refractivity contribution is 9.10. The van der Waals surface area contributed by atoms with Crippen molar-refractivity contribution in [3.8, 4) is 5.75 Å². The molecule has 0 heterocycles. The van der Waals surface area contributed by atoms with E-state index in [9.17, 15) is 0 Å². The Balaban J connectivity index is 2.69. The highest BCUT2D eigenvalue weighted by Crippen LogP contribution is 2.27. The van der Waals surface area contributed by atoms with Crippen LogP contribution in [0.1, 0.15) is 13.8 Å². The van der Waals surface area contributed by atoms with Gasteiger partial charge in [0.1, 0.15) is 5.75 Å². The van der Waals surface area contributed by atoms with Gasteiger partial charge in [-0.15, -0.1) is 0 Å². The Hall–Kier alpha value is -0.700. The van der Waals surface area contributed by atoms with E-state index in [1.54, 1.807) is 7.11 Å². The van der Waals surface area contributed by atoms with E-state index in [4.69, 9.17) is 4.74 Å². The molecule has 0 aliphatic heterocycles. The van der Waals surface area contributed by atoms with Gasteiger partial charge in [0.05, 0.1) is 11.6 Å². The number of anilines is 1. The maximum absolute atomic E-state index is 5.21. The van der Waals surface area contributed by atoms with Gasteiger partial charge in [0, 0.05) is 18.3 Å². The lowest BCUT2D eigenvalue weighted by molar-refractivity contribution is 0.412. The first kappa shape index (κ1) is 11.4. The number of hydrogen-bond donors (Lipinski definition) is 1. The fourth-order valence-corrected chi connectivity index (χ4v) is 1.50. The van der Waals surface area contributed by atoms with Gasteiger partial charge in [-0.3, -0.25) is 0 Å². The lowest BCUT2D eigenvalue weighted by atomic mass is 10.2. The minimum atomic E-state index is 0.643. The van der Waals surface area contributed by atoms with Crippen molar-refractivity contribution < 1.29 is 4.74 Å². The van der Waals surface area contributed by atoms with Crippen molar-refractivity contribution in [2.24, 2.45) is 5.92 Å². The Morgan fingerprint density at radius 2 is 2.14 bits per heavy atom. The molecule has 0 spiro atoms. The van der Waals surface area contributed by atoms with Crippen molar-refractivity contribution in [2.45, 2.75) is 13.8 Å². The van der Waals surface area contributed by atoms with Crippen LogP contribution in [0.3, 0.4) is 0 Å². The molecule has 0 aromatic heterocycles. The zero-order chi connectivity index (χ0) is 10.6. The van der Waals surface area contributed by atoms with Gasteiger partial charge < -0.3 is 10.1 Å². The van der Waals surface area contributed by atoms with Gasteiger partial charge in [0.2, 0.25) is 0 Å². The molecule has 2 nitrogen and oxygen atoms in total. The van der Waals surface area contributed by atoms with Crippen LogP contribution in [0.5, 0.6) is 5.75 Å². The molecule has 1 aromatic carbocycles. The molecule has 1 N–H and O–H groups in total. The van der Waals surface area contributed by atoms with Gasteiger partial charge in [0.25, 0.3) is 0 Å². The number of benzene rings is 1. The molecular weight excluding hydrogens is 242 g/mol. The Kier molecular flexibility index (Phi) is 4.26. The number of ether oxygens (including phenoxy) is 1. The molecule has 0 fully saturated rings. The van der Waals surface area contributed by atoms with E-state index >= 15 is 0 Å². The standard InChI is InChI=1S/C11H16BrNO/c1-8(2)7-13-9-4-5-10(12)11(6-9)14-3/h4-6,8,13H,7H2,1-3H3. The highest BCUT2D eigenvalue weighted by Gasteiger charge is 2.01. The summed E-state index contributed by atoms with van der Waals surface area (Å²) in [5, 5.41) is 3.35. The maximum Gasteiger partial charge on any atom is 0.135 e. The molecule has 0 aliphatic carbocycles. The fraction of sp³-hybridized carbons (Fsp3) is 0.455. The zero-order valence-electron chi connectivity index (χ0n) is 8.80. The van der Waals surface area contributed by atoms with Crippen LogP contribution < -0.4 is 10.1 Å². The van der Waals surface area contributed by atoms with Crippen LogP contribution in [0.25, 0.3) is 0 Å². The molecule has 0 unspecified atom stereocenters. The third-order valence-corrected chi connectivity index (χ3v) is 2.52. The number of rotatable bonds is 4. The number of halogens is 1. The Labute approximate surface area is 93.8 Å². The molecule has 0 saturated carbocycles. The monoisotopic (exact) mass is 257 g/mol. The largest absolute Gasteiger partial charge is 0.495 e. The number of nitrogens with one attached hydrogen (secondary N) is 1. The van der Waals surface area contributed by atoms with E-state index in [1.807, 2.05) is 18.2 Å². The zero-order valence-corrected chi connectivity index (χ0v) is 10.4. The smallest absolute Gasteiger partial charge is 0.135 e. The summed E-state index contributed by atoms with van der Waals surface area (Å²) < 4.78 is 6.19. The van der Waals surface area contributed by atoms with Crippen LogP contribution in [0.15, 0.2) is 22.7 Å². The lowest BCUT2D eigenvalue weighted by Crippen LogP contribution is -2.07. The SMILES string of the molecule is COc1cc(NCC(C)C)ccc1Br. The first-order valence-electron chi connectivity index (χ1n) is 4.71. The molecule has 0 amide bonds. The van der Waals surface area contributed by atoms with E-state index in [0.717, 1.165) is 22.5 Å². The summed E-state index contributed by atoms with van der Waals surface area (Å²) in [6.07, 6.45) is 0. The van der Waals surface area contributed by atoms with Gasteiger partial charge >= 0.3 is 0 Å². The van der Waals surface area contributed by atoms with Crippen LogP contribution in [-0.4, -0.2) is 13.7 Å². The molecule has 1 aromatic rings. The second-order valence-corrected chi connectivity index (χ2v) is 4.48. The van der Waals surface area contributed by atoms with Crippen LogP contribution in [0, 0.1) is 5.92 Å². The minimum Gasteiger partial charge on any atom is -0.495 e. The maximum atomic E-state index is 5.21. The van der Waals surface area contributed by atoms with E-state index in [2.05, 4.69) is 35.1 Å². The molecule has 1 rings (SSSR count). The number of hydrogen-bond acceptors (Lipinski definition) is 2. The van der Waals surface area contributed by atoms with Crippen LogP contribution in [-0.2, 0) is 0 Å². The minimum absolute atomic E-state index is 0.643. The van der Waals surface area contributed by atoms with Gasteiger partial charge in [0.15, 0.2) is 0 Å². The molecule has 78 valence electrons. The van der Waals surface area contributed by atoms with Crippen molar-refractivity contribution >= 4 is 21.6 Å². The second-order valence-electron chi connectivity index (χ2n) is 3.62. The average Bonchev–Trinajstić information content (AvgIpc) is 2.16. The van der Waals surface area contributed by atoms with Gasteiger partial charge in [-0.25, -0.2) is 0 Å². The van der Waals surface area contributed by atoms with E-state index in [-0.39, 0.29) is 0 Å². The molecule has 0 bridgehead atoms. The summed E-state index contributed by atoms with van der Waals surface area (Å²) in [6, 6.07) is 6.02. The van der Waals surface area contributed by atoms with Crippen molar-refractivity contribution in [1.29, 1.82) is 0 Å². The van der Waals surface area contributed by atoms with E-state index in [1.165, 1.54) is 0 Å². The van der Waals surface area contributed by atoms with Crippen LogP contribution in [0.2, 0.25) is 0 Å². The van der Waals surface area contributed by atoms with Gasteiger partial charge in [-0.05, 0) is 34.0 Å². The lowest BCUT2D eigenvalue weighted by Gasteiger charge is -2.10. The summed E-state index contributed by atoms with van der Waals surface area (Å²) in [5.41, 5.74) is 1.10. The Bertz CT molecular complexity index is 299. The topological polar surface area (TPSA) is 21.3 Å². The fourth-order valence-electron chi connectivity index (χ4n) is 1.09. The van der Waals surface area contributed by atoms with Gasteiger partial charge in [-0.1, -0.05) is 13.8 Å². The Morgan fingerprint density at radius 1 is 1.43 bits per heavy atom. The van der Waals surface area contributed by atoms with Crippen LogP contribution in [0.4, 0.5) is 5.69 Å². The molecular formula is C11H16BrNO. The van der Waals surface area contributed by atoms with Crippen LogP contribution >= 0.6 is 15.9 Å². The van der Waals surface area contributed by atoms with Crippen molar-refractivity contribution in [3.63, 3.8) is 0 Å². The average molecular weight is 258 g/mol. The summed E-state index contributed by atoms with van der Waals surface area (Å²) in [4.78, 5) is 0. The highest BCUT2D eigenvalue weighted by atomic mass is 79.9. The normalized spacial score (nSPS) is 10.4. The summed E-state index contributed by atoms with van der Waals surface area (Å²) in [7, 11) is 1.67. The molecule has 3 heteroatoms. The van der Waals surface area contributed by atoms with E-state index in [0.29, 0.717) is 5.92 Å². The molecule has 0 radical (unpaired) electrons. The van der Waals surface area contributed by atoms with E-state index < -0.39 is 0 Å². The predicted molar refractivity (Wildman–Crippen MR) is 64.0 cm³/mol. The first-order valence-corrected chi connectivity index (χ1v) is 5.50. The van der Waals surface area contributed by atoms with Crippen molar-refractivity contribution in [1.82, 2.24) is 0 Å². The van der Waals surface area contributed by atoms with Crippen molar-refractivity contribution in [3.05, 3.63) is 22.7 Å². The quantitative estimate of drug-likeness (QED) is 0.892.